The molecular formula is C10H13BrN2. The lowest BCUT2D eigenvalue weighted by atomic mass is 10.1. The van der Waals surface area contributed by atoms with E-state index in [-0.39, 0.29) is 0 Å². The van der Waals surface area contributed by atoms with Crippen LogP contribution in [0.25, 0.3) is 0 Å². The fourth-order valence-electron chi connectivity index (χ4n) is 1.75. The van der Waals surface area contributed by atoms with Crippen LogP contribution in [0.1, 0.15) is 19.3 Å². The van der Waals surface area contributed by atoms with Crippen LogP contribution >= 0.6 is 15.9 Å². The van der Waals surface area contributed by atoms with Crippen LogP contribution in [0, 0.1) is 0 Å². The SMILES string of the molecule is Brc1ncccc1N1CCCCC1. The number of piperidine rings is 1. The molecule has 3 heteroatoms. The van der Waals surface area contributed by atoms with Gasteiger partial charge in [-0.1, -0.05) is 0 Å². The number of rotatable bonds is 1. The van der Waals surface area contributed by atoms with Crippen molar-refractivity contribution in [2.24, 2.45) is 0 Å². The van der Waals surface area contributed by atoms with Crippen molar-refractivity contribution in [3.63, 3.8) is 0 Å². The molecule has 1 aromatic heterocycles. The summed E-state index contributed by atoms with van der Waals surface area (Å²) in [7, 11) is 0. The van der Waals surface area contributed by atoms with E-state index in [1.54, 1.807) is 0 Å². The monoisotopic (exact) mass is 240 g/mol. The maximum absolute atomic E-state index is 4.23. The van der Waals surface area contributed by atoms with Crippen LogP contribution in [0.2, 0.25) is 0 Å². The Labute approximate surface area is 87.1 Å². The van der Waals surface area contributed by atoms with E-state index in [4.69, 9.17) is 0 Å². The Kier molecular flexibility index (Phi) is 2.83. The van der Waals surface area contributed by atoms with E-state index in [0.29, 0.717) is 0 Å². The number of hydrogen-bond acceptors (Lipinski definition) is 2. The van der Waals surface area contributed by atoms with E-state index in [9.17, 15) is 0 Å². The molecule has 0 N–H and O–H groups in total. The minimum Gasteiger partial charge on any atom is -0.369 e. The summed E-state index contributed by atoms with van der Waals surface area (Å²) in [6, 6.07) is 4.12. The summed E-state index contributed by atoms with van der Waals surface area (Å²) in [6.45, 7) is 2.34. The van der Waals surface area contributed by atoms with Gasteiger partial charge in [-0.2, -0.15) is 0 Å². The van der Waals surface area contributed by atoms with Crippen LogP contribution in [-0.2, 0) is 0 Å². The van der Waals surface area contributed by atoms with E-state index in [2.05, 4.69) is 31.9 Å². The number of nitrogens with zero attached hydrogens (tertiary/aromatic N) is 2. The largest absolute Gasteiger partial charge is 0.369 e. The van der Waals surface area contributed by atoms with E-state index in [1.165, 1.54) is 38.0 Å². The summed E-state index contributed by atoms with van der Waals surface area (Å²) in [5.41, 5.74) is 1.24. The van der Waals surface area contributed by atoms with Gasteiger partial charge in [-0.05, 0) is 47.3 Å². The predicted octanol–water partition coefficient (Wildman–Crippen LogP) is 2.83. The Hall–Kier alpha value is -0.570. The average molecular weight is 241 g/mol. The third kappa shape index (κ3) is 2.02. The molecule has 0 spiro atoms. The van der Waals surface area contributed by atoms with Gasteiger partial charge in [-0.3, -0.25) is 0 Å². The minimum absolute atomic E-state index is 0.969. The molecule has 0 aromatic carbocycles. The summed E-state index contributed by atoms with van der Waals surface area (Å²) in [5.74, 6) is 0. The van der Waals surface area contributed by atoms with E-state index in [0.717, 1.165) is 4.60 Å². The first-order chi connectivity index (χ1) is 6.38. The molecular weight excluding hydrogens is 228 g/mol. The first-order valence-electron chi connectivity index (χ1n) is 4.73. The highest BCUT2D eigenvalue weighted by atomic mass is 79.9. The first kappa shape index (κ1) is 9.00. The van der Waals surface area contributed by atoms with Gasteiger partial charge in [0.2, 0.25) is 0 Å². The lowest BCUT2D eigenvalue weighted by molar-refractivity contribution is 0.576. The summed E-state index contributed by atoms with van der Waals surface area (Å²) in [4.78, 5) is 6.63. The van der Waals surface area contributed by atoms with Crippen molar-refractivity contribution in [3.8, 4) is 0 Å². The predicted molar refractivity (Wildman–Crippen MR) is 58.0 cm³/mol. The third-order valence-corrected chi connectivity index (χ3v) is 3.05. The zero-order valence-electron chi connectivity index (χ0n) is 7.54. The fourth-order valence-corrected chi connectivity index (χ4v) is 2.25. The Morgan fingerprint density at radius 3 is 2.69 bits per heavy atom. The third-order valence-electron chi connectivity index (χ3n) is 2.44. The molecule has 2 rings (SSSR count). The quantitative estimate of drug-likeness (QED) is 0.703. The van der Waals surface area contributed by atoms with Crippen molar-refractivity contribution >= 4 is 21.6 Å². The molecule has 0 atom stereocenters. The fraction of sp³-hybridized carbons (Fsp3) is 0.500. The zero-order chi connectivity index (χ0) is 9.10. The molecule has 1 aromatic rings. The normalized spacial score (nSPS) is 17.5. The van der Waals surface area contributed by atoms with Gasteiger partial charge < -0.3 is 4.90 Å². The molecule has 70 valence electrons. The second-order valence-electron chi connectivity index (χ2n) is 3.36. The van der Waals surface area contributed by atoms with Crippen LogP contribution in [0.15, 0.2) is 22.9 Å². The van der Waals surface area contributed by atoms with Crippen LogP contribution in [0.5, 0.6) is 0 Å². The summed E-state index contributed by atoms with van der Waals surface area (Å²) >= 11 is 3.48. The minimum atomic E-state index is 0.969. The Balaban J connectivity index is 2.18. The topological polar surface area (TPSA) is 16.1 Å². The molecule has 1 saturated heterocycles. The number of anilines is 1. The highest BCUT2D eigenvalue weighted by Crippen LogP contribution is 2.25. The molecule has 1 aliphatic rings. The van der Waals surface area contributed by atoms with E-state index < -0.39 is 0 Å². The summed E-state index contributed by atoms with van der Waals surface area (Å²) in [6.07, 6.45) is 5.80. The molecule has 0 unspecified atom stereocenters. The molecule has 0 amide bonds. The van der Waals surface area contributed by atoms with E-state index >= 15 is 0 Å². The van der Waals surface area contributed by atoms with Gasteiger partial charge in [0.05, 0.1) is 5.69 Å². The summed E-state index contributed by atoms with van der Waals surface area (Å²) < 4.78 is 0.969. The second kappa shape index (κ2) is 4.09. The highest BCUT2D eigenvalue weighted by molar-refractivity contribution is 9.10. The molecule has 1 aliphatic heterocycles. The molecule has 2 heterocycles. The number of hydrogen-bond donors (Lipinski definition) is 0. The molecule has 0 bridgehead atoms. The Bertz CT molecular complexity index is 282. The molecule has 0 radical (unpaired) electrons. The van der Waals surface area contributed by atoms with Gasteiger partial charge >= 0.3 is 0 Å². The average Bonchev–Trinajstić information content (AvgIpc) is 2.20. The van der Waals surface area contributed by atoms with Gasteiger partial charge in [0.1, 0.15) is 4.60 Å². The molecule has 0 saturated carbocycles. The lowest BCUT2D eigenvalue weighted by Gasteiger charge is -2.29. The maximum Gasteiger partial charge on any atom is 0.129 e. The van der Waals surface area contributed by atoms with Crippen molar-refractivity contribution < 1.29 is 0 Å². The maximum atomic E-state index is 4.23. The Morgan fingerprint density at radius 1 is 1.23 bits per heavy atom. The molecule has 0 aliphatic carbocycles. The molecule has 13 heavy (non-hydrogen) atoms. The lowest BCUT2D eigenvalue weighted by Crippen LogP contribution is -2.29. The van der Waals surface area contributed by atoms with E-state index in [1.807, 2.05) is 12.3 Å². The number of pyridine rings is 1. The standard InChI is InChI=1S/C10H13BrN2/c11-10-9(5-4-6-12-10)13-7-2-1-3-8-13/h4-6H,1-3,7-8H2. The van der Waals surface area contributed by atoms with Crippen molar-refractivity contribution in [2.75, 3.05) is 18.0 Å². The second-order valence-corrected chi connectivity index (χ2v) is 4.11. The van der Waals surface area contributed by atoms with Crippen molar-refractivity contribution in [1.82, 2.24) is 4.98 Å². The summed E-state index contributed by atoms with van der Waals surface area (Å²) in [5, 5.41) is 0. The number of aromatic nitrogens is 1. The van der Waals surface area contributed by atoms with Gasteiger partial charge in [0.15, 0.2) is 0 Å². The van der Waals surface area contributed by atoms with Gasteiger partial charge in [0.25, 0.3) is 0 Å². The number of halogens is 1. The zero-order valence-corrected chi connectivity index (χ0v) is 9.13. The highest BCUT2D eigenvalue weighted by Gasteiger charge is 2.13. The van der Waals surface area contributed by atoms with Crippen LogP contribution in [0.4, 0.5) is 5.69 Å². The first-order valence-corrected chi connectivity index (χ1v) is 5.53. The van der Waals surface area contributed by atoms with Gasteiger partial charge in [-0.15, -0.1) is 0 Å². The molecule has 2 nitrogen and oxygen atoms in total. The van der Waals surface area contributed by atoms with Crippen LogP contribution < -0.4 is 4.90 Å². The van der Waals surface area contributed by atoms with Crippen molar-refractivity contribution in [2.45, 2.75) is 19.3 Å². The van der Waals surface area contributed by atoms with Crippen molar-refractivity contribution in [3.05, 3.63) is 22.9 Å². The van der Waals surface area contributed by atoms with Crippen LogP contribution in [0.3, 0.4) is 0 Å². The smallest absolute Gasteiger partial charge is 0.129 e. The molecule has 1 fully saturated rings. The van der Waals surface area contributed by atoms with Crippen LogP contribution in [-0.4, -0.2) is 18.1 Å². The van der Waals surface area contributed by atoms with Gasteiger partial charge in [0, 0.05) is 19.3 Å². The Morgan fingerprint density at radius 2 is 2.00 bits per heavy atom. The van der Waals surface area contributed by atoms with Gasteiger partial charge in [-0.25, -0.2) is 4.98 Å². The van der Waals surface area contributed by atoms with Crippen molar-refractivity contribution in [1.29, 1.82) is 0 Å².